The molecule has 29 heavy (non-hydrogen) atoms. The maximum Gasteiger partial charge on any atom is 0.234 e. The summed E-state index contributed by atoms with van der Waals surface area (Å²) in [6.07, 6.45) is 4.23. The van der Waals surface area contributed by atoms with Crippen LogP contribution in [0.3, 0.4) is 0 Å². The Labute approximate surface area is 173 Å². The first-order valence-electron chi connectivity index (χ1n) is 11.5. The first-order valence-corrected chi connectivity index (χ1v) is 11.5. The predicted molar refractivity (Wildman–Crippen MR) is 109 cm³/mol. The Morgan fingerprint density at radius 1 is 1.31 bits per heavy atom. The number of hydrogen-bond acceptors (Lipinski definition) is 4. The summed E-state index contributed by atoms with van der Waals surface area (Å²) >= 11 is 0. The van der Waals surface area contributed by atoms with Crippen LogP contribution >= 0.6 is 0 Å². The van der Waals surface area contributed by atoms with E-state index in [1.165, 1.54) is 5.57 Å². The lowest BCUT2D eigenvalue weighted by atomic mass is 9.46. The van der Waals surface area contributed by atoms with Crippen molar-refractivity contribution in [2.24, 2.45) is 40.9 Å². The van der Waals surface area contributed by atoms with Gasteiger partial charge in [0, 0.05) is 36.1 Å². The number of Topliss-reactive ketones (excluding diaryl/α,β-unsaturated/α-hetero) is 1. The molecule has 5 aliphatic rings. The van der Waals surface area contributed by atoms with Gasteiger partial charge in [0.15, 0.2) is 0 Å². The second-order valence-electron chi connectivity index (χ2n) is 11.1. The molecule has 2 bridgehead atoms. The number of ketones is 1. The average molecular weight is 402 g/mol. The molecule has 2 N–H and O–H groups in total. The van der Waals surface area contributed by atoms with Crippen molar-refractivity contribution in [3.8, 4) is 0 Å². The Hall–Kier alpha value is -1.20. The average Bonchev–Trinajstić information content (AvgIpc) is 3.05. The van der Waals surface area contributed by atoms with E-state index in [-0.39, 0.29) is 59.0 Å². The summed E-state index contributed by atoms with van der Waals surface area (Å²) in [5.74, 6) is 0.687. The van der Waals surface area contributed by atoms with Gasteiger partial charge in [-0.05, 0) is 44.9 Å². The molecule has 0 aromatic heterocycles. The minimum absolute atomic E-state index is 0.00910. The lowest BCUT2D eigenvalue weighted by molar-refractivity contribution is -0.157. The first kappa shape index (κ1) is 19.7. The van der Waals surface area contributed by atoms with E-state index in [2.05, 4.69) is 46.0 Å². The molecular weight excluding hydrogens is 366 g/mol. The summed E-state index contributed by atoms with van der Waals surface area (Å²) < 4.78 is 6.41. The molecule has 160 valence electrons. The largest absolute Gasteiger partial charge is 0.390 e. The van der Waals surface area contributed by atoms with Crippen molar-refractivity contribution in [3.63, 3.8) is 0 Å². The molecule has 1 amide bonds. The SMILES string of the molecule is CC1=C[C@H]2[C@H]3[C@@H](CC(=O)[C@@]24C(=O)N[C@H](CC(C)C)[C@H]4[C@H]1C)[C@H]1O[C@]3(C)CC[C@@H]1O. The molecule has 10 atom stereocenters. The molecule has 3 saturated heterocycles. The van der Waals surface area contributed by atoms with Crippen LogP contribution in [0.25, 0.3) is 0 Å². The molecule has 5 nitrogen and oxygen atoms in total. The summed E-state index contributed by atoms with van der Waals surface area (Å²) in [6, 6.07) is 0.0456. The lowest BCUT2D eigenvalue weighted by Gasteiger charge is -2.53. The minimum Gasteiger partial charge on any atom is -0.390 e. The second-order valence-corrected chi connectivity index (χ2v) is 11.1. The molecule has 0 aromatic carbocycles. The molecule has 5 rings (SSSR count). The molecule has 3 aliphatic heterocycles. The molecule has 4 fully saturated rings. The normalized spacial score (nSPS) is 53.3. The summed E-state index contributed by atoms with van der Waals surface area (Å²) in [4.78, 5) is 27.5. The molecule has 1 saturated carbocycles. The van der Waals surface area contributed by atoms with Gasteiger partial charge < -0.3 is 15.2 Å². The van der Waals surface area contributed by atoms with Gasteiger partial charge in [-0.15, -0.1) is 0 Å². The minimum atomic E-state index is -0.964. The van der Waals surface area contributed by atoms with Gasteiger partial charge in [-0.2, -0.15) is 0 Å². The Balaban J connectivity index is 1.67. The van der Waals surface area contributed by atoms with Crippen LogP contribution in [0.2, 0.25) is 0 Å². The van der Waals surface area contributed by atoms with Crippen molar-refractivity contribution in [1.29, 1.82) is 0 Å². The maximum absolute atomic E-state index is 13.8. The zero-order chi connectivity index (χ0) is 20.9. The van der Waals surface area contributed by atoms with E-state index < -0.39 is 11.5 Å². The van der Waals surface area contributed by atoms with E-state index in [9.17, 15) is 14.7 Å². The topological polar surface area (TPSA) is 75.6 Å². The number of fused-ring (bicyclic) bond motifs is 6. The van der Waals surface area contributed by atoms with Crippen LogP contribution < -0.4 is 5.32 Å². The third-order valence-corrected chi connectivity index (χ3v) is 9.18. The zero-order valence-corrected chi connectivity index (χ0v) is 18.3. The van der Waals surface area contributed by atoms with Gasteiger partial charge in [-0.25, -0.2) is 0 Å². The van der Waals surface area contributed by atoms with E-state index in [4.69, 9.17) is 4.74 Å². The number of amides is 1. The quantitative estimate of drug-likeness (QED) is 0.551. The Bertz CT molecular complexity index is 790. The number of aliphatic hydroxyl groups excluding tert-OH is 1. The van der Waals surface area contributed by atoms with Crippen LogP contribution in [0, 0.1) is 40.9 Å². The van der Waals surface area contributed by atoms with Crippen LogP contribution in [0.4, 0.5) is 0 Å². The second kappa shape index (κ2) is 6.16. The van der Waals surface area contributed by atoms with Crippen molar-refractivity contribution in [1.82, 2.24) is 5.32 Å². The number of aliphatic hydroxyl groups is 1. The summed E-state index contributed by atoms with van der Waals surface area (Å²) in [5.41, 5.74) is -0.0420. The van der Waals surface area contributed by atoms with Crippen LogP contribution in [0.1, 0.15) is 60.3 Å². The van der Waals surface area contributed by atoms with E-state index in [0.717, 1.165) is 12.8 Å². The fraction of sp³-hybridized carbons (Fsp3) is 0.833. The number of allylic oxidation sites excluding steroid dienone is 2. The zero-order valence-electron chi connectivity index (χ0n) is 18.3. The summed E-state index contributed by atoms with van der Waals surface area (Å²) in [7, 11) is 0. The Morgan fingerprint density at radius 2 is 2.03 bits per heavy atom. The van der Waals surface area contributed by atoms with Gasteiger partial charge in [0.1, 0.15) is 11.2 Å². The number of ether oxygens (including phenoxy) is 1. The fourth-order valence-electron chi connectivity index (χ4n) is 8.01. The summed E-state index contributed by atoms with van der Waals surface area (Å²) in [5, 5.41) is 13.8. The molecule has 3 heterocycles. The number of rotatable bonds is 2. The summed E-state index contributed by atoms with van der Waals surface area (Å²) in [6.45, 7) is 10.9. The highest BCUT2D eigenvalue weighted by molar-refractivity contribution is 6.10. The molecule has 0 unspecified atom stereocenters. The highest BCUT2D eigenvalue weighted by Crippen LogP contribution is 2.66. The molecule has 2 aliphatic carbocycles. The Morgan fingerprint density at radius 3 is 2.72 bits per heavy atom. The third kappa shape index (κ3) is 2.35. The van der Waals surface area contributed by atoms with E-state index >= 15 is 0 Å². The van der Waals surface area contributed by atoms with Gasteiger partial charge in [-0.1, -0.05) is 32.4 Å². The van der Waals surface area contributed by atoms with E-state index in [1.54, 1.807) is 0 Å². The number of nitrogens with one attached hydrogen (secondary N) is 1. The third-order valence-electron chi connectivity index (χ3n) is 9.18. The van der Waals surface area contributed by atoms with E-state index in [0.29, 0.717) is 18.8 Å². The highest BCUT2D eigenvalue weighted by Gasteiger charge is 2.74. The van der Waals surface area contributed by atoms with Gasteiger partial charge >= 0.3 is 0 Å². The van der Waals surface area contributed by atoms with Gasteiger partial charge in [0.25, 0.3) is 0 Å². The molecule has 1 spiro atoms. The van der Waals surface area contributed by atoms with Crippen molar-refractivity contribution >= 4 is 11.7 Å². The lowest BCUT2D eigenvalue weighted by Crippen LogP contribution is -2.61. The van der Waals surface area contributed by atoms with Crippen molar-refractivity contribution in [2.75, 3.05) is 0 Å². The first-order chi connectivity index (χ1) is 13.6. The van der Waals surface area contributed by atoms with E-state index in [1.807, 2.05) is 0 Å². The molecule has 0 radical (unpaired) electrons. The van der Waals surface area contributed by atoms with Crippen molar-refractivity contribution in [2.45, 2.75) is 84.2 Å². The number of hydrogen-bond donors (Lipinski definition) is 2. The standard InChI is InChI=1S/C24H35NO4/c1-11(2)8-16-19-13(4)12(3)9-15-20-14(10-18(27)24(15,19)22(28)25-16)21-17(26)6-7-23(20,5)29-21/h9,11,13-17,19-21,26H,6-8,10H2,1-5H3,(H,25,28)/t13-,14+,15-,16+,17-,19+,20+,21+,23+,24-/m0/s1. The maximum atomic E-state index is 13.8. The van der Waals surface area contributed by atoms with Gasteiger partial charge in [0.05, 0.1) is 17.8 Å². The van der Waals surface area contributed by atoms with Crippen LogP contribution in [-0.4, -0.2) is 40.6 Å². The van der Waals surface area contributed by atoms with Crippen LogP contribution in [0.15, 0.2) is 11.6 Å². The molecule has 5 heteroatoms. The van der Waals surface area contributed by atoms with Crippen molar-refractivity contribution < 1.29 is 19.4 Å². The number of carbonyl (C=O) groups excluding carboxylic acids is 2. The fourth-order valence-corrected chi connectivity index (χ4v) is 8.01. The van der Waals surface area contributed by atoms with Crippen LogP contribution in [0.5, 0.6) is 0 Å². The van der Waals surface area contributed by atoms with Crippen molar-refractivity contribution in [3.05, 3.63) is 11.6 Å². The predicted octanol–water partition coefficient (Wildman–Crippen LogP) is 2.86. The van der Waals surface area contributed by atoms with Crippen LogP contribution in [-0.2, 0) is 14.3 Å². The van der Waals surface area contributed by atoms with Gasteiger partial charge in [-0.3, -0.25) is 9.59 Å². The Kier molecular flexibility index (Phi) is 4.20. The smallest absolute Gasteiger partial charge is 0.234 e. The number of carbonyl (C=O) groups is 2. The highest BCUT2D eigenvalue weighted by atomic mass is 16.5. The van der Waals surface area contributed by atoms with Gasteiger partial charge in [0.2, 0.25) is 5.91 Å². The molecule has 0 aromatic rings. The molecular formula is C24H35NO4. The monoisotopic (exact) mass is 401 g/mol.